The van der Waals surface area contributed by atoms with Gasteiger partial charge in [0.05, 0.1) is 21.5 Å². The highest BCUT2D eigenvalue weighted by Gasteiger charge is 2.27. The van der Waals surface area contributed by atoms with Gasteiger partial charge in [0.15, 0.2) is 0 Å². The van der Waals surface area contributed by atoms with Crippen molar-refractivity contribution in [3.8, 4) is 0 Å². The molecule has 0 bridgehead atoms. The number of carbonyl (C=O) groups excluding carboxylic acids is 1. The lowest BCUT2D eigenvalue weighted by molar-refractivity contribution is -0.115. The molecule has 1 heterocycles. The number of nitrogens with one attached hydrogen (secondary N) is 2. The monoisotopic (exact) mass is 376 g/mol. The molecule has 0 radical (unpaired) electrons. The topological polar surface area (TPSA) is 75.3 Å². The first kappa shape index (κ1) is 17.8. The lowest BCUT2D eigenvalue weighted by atomic mass is 10.1. The standard InChI is InChI=1S/C18H20N2O3S2/c1-4-16-18(21)19-15-10-13(6-8-17(15)24-16)25(22,23)20-14-7-5-11(2)9-12(14)3/h5-10,16,20H,4H2,1-3H3,(H,19,21)/t16-/m1/s1. The maximum atomic E-state index is 12.7. The van der Waals surface area contributed by atoms with Crippen LogP contribution in [0.15, 0.2) is 46.2 Å². The number of hydrogen-bond acceptors (Lipinski definition) is 4. The van der Waals surface area contributed by atoms with Gasteiger partial charge in [0, 0.05) is 4.90 Å². The molecule has 1 atom stereocenters. The molecule has 0 spiro atoms. The third-order valence-electron chi connectivity index (χ3n) is 4.08. The van der Waals surface area contributed by atoms with E-state index in [1.54, 1.807) is 18.2 Å². The quantitative estimate of drug-likeness (QED) is 0.848. The number of amides is 1. The molecule has 0 saturated carbocycles. The summed E-state index contributed by atoms with van der Waals surface area (Å²) < 4.78 is 28.0. The number of benzene rings is 2. The van der Waals surface area contributed by atoms with Crippen LogP contribution in [0.3, 0.4) is 0 Å². The summed E-state index contributed by atoms with van der Waals surface area (Å²) in [7, 11) is -3.73. The minimum Gasteiger partial charge on any atom is -0.324 e. The Morgan fingerprint density at radius 3 is 2.60 bits per heavy atom. The van der Waals surface area contributed by atoms with Gasteiger partial charge in [0.25, 0.3) is 10.0 Å². The van der Waals surface area contributed by atoms with Gasteiger partial charge in [-0.25, -0.2) is 8.42 Å². The molecule has 1 aliphatic heterocycles. The first-order chi connectivity index (χ1) is 11.8. The molecule has 7 heteroatoms. The summed E-state index contributed by atoms with van der Waals surface area (Å²) in [4.78, 5) is 13.0. The van der Waals surface area contributed by atoms with Gasteiger partial charge in [-0.1, -0.05) is 24.6 Å². The molecule has 1 aliphatic rings. The van der Waals surface area contributed by atoms with Crippen LogP contribution >= 0.6 is 11.8 Å². The molecule has 132 valence electrons. The van der Waals surface area contributed by atoms with E-state index in [-0.39, 0.29) is 16.1 Å². The largest absolute Gasteiger partial charge is 0.324 e. The van der Waals surface area contributed by atoms with Crippen LogP contribution in [-0.2, 0) is 14.8 Å². The second-order valence-electron chi connectivity index (χ2n) is 6.09. The number of sulfonamides is 1. The predicted molar refractivity (Wildman–Crippen MR) is 102 cm³/mol. The highest BCUT2D eigenvalue weighted by molar-refractivity contribution is 8.01. The van der Waals surface area contributed by atoms with E-state index < -0.39 is 10.0 Å². The molecule has 25 heavy (non-hydrogen) atoms. The Bertz CT molecular complexity index is 939. The minimum atomic E-state index is -3.73. The maximum absolute atomic E-state index is 12.7. The van der Waals surface area contributed by atoms with Crippen molar-refractivity contribution in [2.24, 2.45) is 0 Å². The zero-order chi connectivity index (χ0) is 18.2. The Labute approximate surface area is 152 Å². The minimum absolute atomic E-state index is 0.0862. The summed E-state index contributed by atoms with van der Waals surface area (Å²) in [5, 5.41) is 2.67. The van der Waals surface area contributed by atoms with E-state index >= 15 is 0 Å². The first-order valence-corrected chi connectivity index (χ1v) is 10.4. The highest BCUT2D eigenvalue weighted by Crippen LogP contribution is 2.38. The van der Waals surface area contributed by atoms with Crippen LogP contribution in [0.2, 0.25) is 0 Å². The Hall–Kier alpha value is -1.99. The van der Waals surface area contributed by atoms with E-state index in [1.165, 1.54) is 17.8 Å². The smallest absolute Gasteiger partial charge is 0.261 e. The number of fused-ring (bicyclic) bond motifs is 1. The van der Waals surface area contributed by atoms with Crippen molar-refractivity contribution in [2.75, 3.05) is 10.0 Å². The average Bonchev–Trinajstić information content (AvgIpc) is 2.56. The van der Waals surface area contributed by atoms with E-state index in [1.807, 2.05) is 32.9 Å². The van der Waals surface area contributed by atoms with Gasteiger partial charge in [-0.3, -0.25) is 9.52 Å². The fourth-order valence-electron chi connectivity index (χ4n) is 2.70. The van der Waals surface area contributed by atoms with Crippen LogP contribution < -0.4 is 10.0 Å². The summed E-state index contributed by atoms with van der Waals surface area (Å²) in [5.41, 5.74) is 3.02. The summed E-state index contributed by atoms with van der Waals surface area (Å²) in [6.07, 6.45) is 0.726. The fraction of sp³-hybridized carbons (Fsp3) is 0.278. The molecule has 2 aromatic carbocycles. The fourth-order valence-corrected chi connectivity index (χ4v) is 4.88. The zero-order valence-corrected chi connectivity index (χ0v) is 15.9. The zero-order valence-electron chi connectivity index (χ0n) is 14.3. The van der Waals surface area contributed by atoms with Crippen molar-refractivity contribution < 1.29 is 13.2 Å². The Balaban J connectivity index is 1.91. The van der Waals surface area contributed by atoms with Crippen molar-refractivity contribution >= 4 is 39.1 Å². The van der Waals surface area contributed by atoms with Gasteiger partial charge in [-0.15, -0.1) is 11.8 Å². The van der Waals surface area contributed by atoms with Crippen LogP contribution in [0.4, 0.5) is 11.4 Å². The third-order valence-corrected chi connectivity index (χ3v) is 6.88. The van der Waals surface area contributed by atoms with Gasteiger partial charge in [-0.2, -0.15) is 0 Å². The molecule has 5 nitrogen and oxygen atoms in total. The average molecular weight is 377 g/mol. The Morgan fingerprint density at radius 2 is 1.92 bits per heavy atom. The maximum Gasteiger partial charge on any atom is 0.261 e. The summed E-state index contributed by atoms with van der Waals surface area (Å²) in [5.74, 6) is -0.0862. The molecule has 0 fully saturated rings. The molecule has 2 aromatic rings. The Morgan fingerprint density at radius 1 is 1.16 bits per heavy atom. The third kappa shape index (κ3) is 3.67. The van der Waals surface area contributed by atoms with Crippen LogP contribution in [0.5, 0.6) is 0 Å². The van der Waals surface area contributed by atoms with E-state index in [0.29, 0.717) is 11.4 Å². The van der Waals surface area contributed by atoms with Crippen LogP contribution in [0, 0.1) is 13.8 Å². The van der Waals surface area contributed by atoms with Gasteiger partial charge in [-0.05, 0) is 50.1 Å². The summed E-state index contributed by atoms with van der Waals surface area (Å²) >= 11 is 1.47. The lowest BCUT2D eigenvalue weighted by Crippen LogP contribution is -2.28. The molecule has 0 saturated heterocycles. The van der Waals surface area contributed by atoms with Gasteiger partial charge < -0.3 is 5.32 Å². The number of aryl methyl sites for hydroxylation is 2. The van der Waals surface area contributed by atoms with Crippen LogP contribution in [0.1, 0.15) is 24.5 Å². The molecule has 1 amide bonds. The van der Waals surface area contributed by atoms with Crippen LogP contribution in [-0.4, -0.2) is 19.6 Å². The van der Waals surface area contributed by atoms with Crippen molar-refractivity contribution in [2.45, 2.75) is 42.2 Å². The molecule has 0 aromatic heterocycles. The molecule has 0 unspecified atom stereocenters. The number of rotatable bonds is 4. The first-order valence-electron chi connectivity index (χ1n) is 8.02. The van der Waals surface area contributed by atoms with Crippen LogP contribution in [0.25, 0.3) is 0 Å². The number of hydrogen-bond donors (Lipinski definition) is 2. The molecular weight excluding hydrogens is 356 g/mol. The number of carbonyl (C=O) groups is 1. The second-order valence-corrected chi connectivity index (χ2v) is 9.01. The van der Waals surface area contributed by atoms with Crippen molar-refractivity contribution in [3.05, 3.63) is 47.5 Å². The van der Waals surface area contributed by atoms with E-state index in [0.717, 1.165) is 22.4 Å². The van der Waals surface area contributed by atoms with Crippen molar-refractivity contribution in [3.63, 3.8) is 0 Å². The van der Waals surface area contributed by atoms with Gasteiger partial charge >= 0.3 is 0 Å². The Kier molecular flexibility index (Phi) is 4.79. The van der Waals surface area contributed by atoms with E-state index in [2.05, 4.69) is 10.0 Å². The van der Waals surface area contributed by atoms with Gasteiger partial charge in [0.2, 0.25) is 5.91 Å². The van der Waals surface area contributed by atoms with E-state index in [4.69, 9.17) is 0 Å². The highest BCUT2D eigenvalue weighted by atomic mass is 32.2. The van der Waals surface area contributed by atoms with Crippen molar-refractivity contribution in [1.29, 1.82) is 0 Å². The second kappa shape index (κ2) is 6.72. The SMILES string of the molecule is CC[C@H]1Sc2ccc(S(=O)(=O)Nc3ccc(C)cc3C)cc2NC1=O. The lowest BCUT2D eigenvalue weighted by Gasteiger charge is -2.23. The molecule has 0 aliphatic carbocycles. The summed E-state index contributed by atoms with van der Waals surface area (Å²) in [6.45, 7) is 5.77. The van der Waals surface area contributed by atoms with Gasteiger partial charge in [0.1, 0.15) is 0 Å². The number of anilines is 2. The molecular formula is C18H20N2O3S2. The normalized spacial score (nSPS) is 16.9. The predicted octanol–water partition coefficient (Wildman–Crippen LogP) is 3.93. The molecule has 3 rings (SSSR count). The van der Waals surface area contributed by atoms with Crippen molar-refractivity contribution in [1.82, 2.24) is 0 Å². The van der Waals surface area contributed by atoms with E-state index in [9.17, 15) is 13.2 Å². The number of thioether (sulfide) groups is 1. The molecule has 2 N–H and O–H groups in total. The summed E-state index contributed by atoms with van der Waals surface area (Å²) in [6, 6.07) is 10.4.